The van der Waals surface area contributed by atoms with E-state index >= 15 is 0 Å². The number of nitrogens with one attached hydrogen (secondary N) is 1. The number of hydrogen-bond donors (Lipinski definition) is 1. The second-order valence-corrected chi connectivity index (χ2v) is 6.93. The van der Waals surface area contributed by atoms with Gasteiger partial charge in [-0.15, -0.1) is 11.3 Å². The number of thiophene rings is 1. The molecule has 1 N–H and O–H groups in total. The van der Waals surface area contributed by atoms with Gasteiger partial charge in [0.25, 0.3) is 5.91 Å². The average Bonchev–Trinajstić information content (AvgIpc) is 3.09. The molecule has 0 bridgehead atoms. The Morgan fingerprint density at radius 3 is 2.52 bits per heavy atom. The number of aryl methyl sites for hydroxylation is 3. The Kier molecular flexibility index (Phi) is 4.90. The van der Waals surface area contributed by atoms with Gasteiger partial charge < -0.3 is 10.1 Å². The highest BCUT2D eigenvalue weighted by molar-refractivity contribution is 7.12. The number of hydrogen-bond acceptors (Lipinski definition) is 4. The lowest BCUT2D eigenvalue weighted by atomic mass is 10.2. The lowest BCUT2D eigenvalue weighted by molar-refractivity contribution is 0.0941. The van der Waals surface area contributed by atoms with Crippen molar-refractivity contribution in [1.29, 1.82) is 0 Å². The van der Waals surface area contributed by atoms with Gasteiger partial charge in [-0.25, -0.2) is 0 Å². The van der Waals surface area contributed by atoms with E-state index in [0.717, 1.165) is 27.6 Å². The quantitative estimate of drug-likeness (QED) is 0.749. The van der Waals surface area contributed by atoms with Gasteiger partial charge in [-0.3, -0.25) is 9.48 Å². The first-order chi connectivity index (χ1) is 11.9. The van der Waals surface area contributed by atoms with E-state index in [1.54, 1.807) is 23.1 Å². The van der Waals surface area contributed by atoms with Crippen molar-refractivity contribution in [3.8, 4) is 10.8 Å². The van der Waals surface area contributed by atoms with E-state index in [2.05, 4.69) is 15.8 Å². The van der Waals surface area contributed by atoms with Gasteiger partial charge in [0, 0.05) is 19.2 Å². The molecule has 2 heterocycles. The first-order valence-electron chi connectivity index (χ1n) is 8.04. The molecule has 130 valence electrons. The predicted octanol–water partition coefficient (Wildman–Crippen LogP) is 4.13. The fourth-order valence-electron chi connectivity index (χ4n) is 2.60. The molecule has 0 aliphatic heterocycles. The van der Waals surface area contributed by atoms with Crippen molar-refractivity contribution in [2.75, 3.05) is 0 Å². The summed E-state index contributed by atoms with van der Waals surface area (Å²) in [5, 5.41) is 10.2. The van der Waals surface area contributed by atoms with Crippen LogP contribution >= 0.6 is 11.3 Å². The maximum Gasteiger partial charge on any atom is 0.270 e. The second kappa shape index (κ2) is 7.11. The smallest absolute Gasteiger partial charge is 0.270 e. The first-order valence-corrected chi connectivity index (χ1v) is 8.92. The molecule has 0 spiro atoms. The lowest BCUT2D eigenvalue weighted by Crippen LogP contribution is -2.25. The Hall–Kier alpha value is -2.60. The molecular weight excluding hydrogens is 334 g/mol. The Morgan fingerprint density at radius 1 is 1.24 bits per heavy atom. The molecular formula is C19H21N3O2S. The van der Waals surface area contributed by atoms with E-state index in [9.17, 15) is 4.79 Å². The summed E-state index contributed by atoms with van der Waals surface area (Å²) in [4.78, 5) is 12.4. The van der Waals surface area contributed by atoms with Crippen LogP contribution in [0.4, 0.5) is 0 Å². The van der Waals surface area contributed by atoms with E-state index in [0.29, 0.717) is 12.2 Å². The highest BCUT2D eigenvalue weighted by atomic mass is 32.1. The minimum Gasteiger partial charge on any atom is -0.447 e. The summed E-state index contributed by atoms with van der Waals surface area (Å²) in [5.74, 6) is 0.671. The molecule has 0 saturated carbocycles. The molecule has 0 fully saturated rings. The molecule has 0 aliphatic rings. The Labute approximate surface area is 151 Å². The van der Waals surface area contributed by atoms with Crippen LogP contribution in [0.1, 0.15) is 32.9 Å². The van der Waals surface area contributed by atoms with Gasteiger partial charge in [0.2, 0.25) is 0 Å². The van der Waals surface area contributed by atoms with Crippen molar-refractivity contribution in [3.63, 3.8) is 0 Å². The van der Waals surface area contributed by atoms with Crippen LogP contribution in [-0.4, -0.2) is 15.7 Å². The average molecular weight is 355 g/mol. The molecule has 0 saturated heterocycles. The van der Waals surface area contributed by atoms with E-state index in [1.807, 2.05) is 51.1 Å². The van der Waals surface area contributed by atoms with Gasteiger partial charge in [0.05, 0.1) is 5.69 Å². The van der Waals surface area contributed by atoms with Crippen LogP contribution in [0.15, 0.2) is 35.7 Å². The number of ether oxygens (including phenoxy) is 1. The monoisotopic (exact) mass is 355 g/mol. The molecule has 5 nitrogen and oxygen atoms in total. The van der Waals surface area contributed by atoms with Crippen LogP contribution in [0.3, 0.4) is 0 Å². The Balaban J connectivity index is 1.61. The SMILES string of the molecule is Cc1csc(Oc2ccc(CNC(=O)c3c(C)c(C)nn3C)cc2)c1. The summed E-state index contributed by atoms with van der Waals surface area (Å²) < 4.78 is 7.43. The summed E-state index contributed by atoms with van der Waals surface area (Å²) in [7, 11) is 1.79. The van der Waals surface area contributed by atoms with Gasteiger partial charge >= 0.3 is 0 Å². The molecule has 0 radical (unpaired) electrons. The lowest BCUT2D eigenvalue weighted by Gasteiger charge is -2.08. The molecule has 0 atom stereocenters. The molecule has 3 rings (SSSR count). The molecule has 6 heteroatoms. The summed E-state index contributed by atoms with van der Waals surface area (Å²) in [6.45, 7) is 6.32. The van der Waals surface area contributed by atoms with Crippen LogP contribution in [0.2, 0.25) is 0 Å². The molecule has 0 unspecified atom stereocenters. The van der Waals surface area contributed by atoms with Crippen LogP contribution < -0.4 is 10.1 Å². The van der Waals surface area contributed by atoms with E-state index in [4.69, 9.17) is 4.74 Å². The van der Waals surface area contributed by atoms with E-state index in [1.165, 1.54) is 5.56 Å². The predicted molar refractivity (Wildman–Crippen MR) is 99.4 cm³/mol. The minimum absolute atomic E-state index is 0.116. The maximum absolute atomic E-state index is 12.4. The molecule has 1 aromatic carbocycles. The number of carbonyl (C=O) groups is 1. The second-order valence-electron chi connectivity index (χ2n) is 6.05. The third-order valence-electron chi connectivity index (χ3n) is 4.04. The molecule has 3 aromatic rings. The zero-order valence-corrected chi connectivity index (χ0v) is 15.6. The van der Waals surface area contributed by atoms with Crippen LogP contribution in [0.5, 0.6) is 10.8 Å². The number of aromatic nitrogens is 2. The number of nitrogens with zero attached hydrogens (tertiary/aromatic N) is 2. The standard InChI is InChI=1S/C19H21N3O2S/c1-12-9-17(25-11-12)24-16-7-5-15(6-8-16)10-20-19(23)18-13(2)14(3)21-22(18)4/h5-9,11H,10H2,1-4H3,(H,20,23). The fraction of sp³-hybridized carbons (Fsp3) is 0.263. The first kappa shape index (κ1) is 17.2. The molecule has 2 aromatic heterocycles. The number of amides is 1. The van der Waals surface area contributed by atoms with Crippen molar-refractivity contribution >= 4 is 17.2 Å². The van der Waals surface area contributed by atoms with Crippen molar-refractivity contribution < 1.29 is 9.53 Å². The number of benzene rings is 1. The van der Waals surface area contributed by atoms with Gasteiger partial charge in [0.15, 0.2) is 5.06 Å². The fourth-order valence-corrected chi connectivity index (χ4v) is 3.37. The molecule has 1 amide bonds. The maximum atomic E-state index is 12.4. The van der Waals surface area contributed by atoms with Crippen LogP contribution in [-0.2, 0) is 13.6 Å². The van der Waals surface area contributed by atoms with Crippen LogP contribution in [0, 0.1) is 20.8 Å². The van der Waals surface area contributed by atoms with E-state index < -0.39 is 0 Å². The van der Waals surface area contributed by atoms with Crippen LogP contribution in [0.25, 0.3) is 0 Å². The summed E-state index contributed by atoms with van der Waals surface area (Å²) in [6.07, 6.45) is 0. The Bertz CT molecular complexity index is 894. The topological polar surface area (TPSA) is 56.1 Å². The summed E-state index contributed by atoms with van der Waals surface area (Å²) in [5.41, 5.74) is 4.60. The van der Waals surface area contributed by atoms with Gasteiger partial charge in [-0.05, 0) is 55.5 Å². The zero-order valence-electron chi connectivity index (χ0n) is 14.8. The van der Waals surface area contributed by atoms with Gasteiger partial charge in [-0.1, -0.05) is 12.1 Å². The Morgan fingerprint density at radius 2 is 1.96 bits per heavy atom. The van der Waals surface area contributed by atoms with Crippen molar-refractivity contribution in [3.05, 3.63) is 63.8 Å². The minimum atomic E-state index is -0.116. The normalized spacial score (nSPS) is 10.7. The van der Waals surface area contributed by atoms with Crippen molar-refractivity contribution in [2.24, 2.45) is 7.05 Å². The third-order valence-corrected chi connectivity index (χ3v) is 4.96. The highest BCUT2D eigenvalue weighted by Crippen LogP contribution is 2.28. The largest absolute Gasteiger partial charge is 0.447 e. The summed E-state index contributed by atoms with van der Waals surface area (Å²) >= 11 is 1.58. The van der Waals surface area contributed by atoms with Gasteiger partial charge in [-0.2, -0.15) is 5.10 Å². The third kappa shape index (κ3) is 3.91. The number of rotatable bonds is 5. The van der Waals surface area contributed by atoms with E-state index in [-0.39, 0.29) is 5.91 Å². The number of carbonyl (C=O) groups excluding carboxylic acids is 1. The molecule has 0 aliphatic carbocycles. The highest BCUT2D eigenvalue weighted by Gasteiger charge is 2.16. The zero-order chi connectivity index (χ0) is 18.0. The van der Waals surface area contributed by atoms with Crippen molar-refractivity contribution in [1.82, 2.24) is 15.1 Å². The van der Waals surface area contributed by atoms with Gasteiger partial charge in [0.1, 0.15) is 11.4 Å². The summed E-state index contributed by atoms with van der Waals surface area (Å²) in [6, 6.07) is 9.75. The van der Waals surface area contributed by atoms with Crippen molar-refractivity contribution in [2.45, 2.75) is 27.3 Å². The molecule has 25 heavy (non-hydrogen) atoms.